The number of carbonyl (C=O) groups excluding carboxylic acids is 1. The van der Waals surface area contributed by atoms with Crippen LogP contribution in [-0.2, 0) is 9.53 Å². The molecule has 1 amide bonds. The van der Waals surface area contributed by atoms with Crippen molar-refractivity contribution in [2.75, 3.05) is 13.7 Å². The molecule has 0 saturated heterocycles. The van der Waals surface area contributed by atoms with Crippen LogP contribution in [-0.4, -0.2) is 41.5 Å². The van der Waals surface area contributed by atoms with Gasteiger partial charge in [-0.3, -0.25) is 9.48 Å². The van der Waals surface area contributed by atoms with Crippen LogP contribution in [0, 0.1) is 0 Å². The molecule has 3 atom stereocenters. The minimum absolute atomic E-state index is 0. The van der Waals surface area contributed by atoms with Crippen molar-refractivity contribution in [2.24, 2.45) is 5.73 Å². The number of methoxy groups -OCH3 is 1. The summed E-state index contributed by atoms with van der Waals surface area (Å²) < 4.78 is 6.85. The summed E-state index contributed by atoms with van der Waals surface area (Å²) in [6, 6.07) is 1.63. The number of aromatic nitrogens is 2. The zero-order chi connectivity index (χ0) is 13.7. The minimum Gasteiger partial charge on any atom is -0.383 e. The maximum Gasteiger partial charge on any atom is 0.239 e. The Morgan fingerprint density at radius 3 is 2.95 bits per heavy atom. The largest absolute Gasteiger partial charge is 0.383 e. The van der Waals surface area contributed by atoms with Crippen LogP contribution >= 0.6 is 12.4 Å². The second-order valence-corrected chi connectivity index (χ2v) is 5.01. The summed E-state index contributed by atoms with van der Waals surface area (Å²) in [5, 5.41) is 7.33. The highest BCUT2D eigenvalue weighted by molar-refractivity contribution is 5.85. The molecule has 1 aromatic heterocycles. The maximum atomic E-state index is 12.0. The van der Waals surface area contributed by atoms with Gasteiger partial charge in [0.1, 0.15) is 6.04 Å². The number of ether oxygens (including phenoxy) is 1. The summed E-state index contributed by atoms with van der Waals surface area (Å²) >= 11 is 0. The van der Waals surface area contributed by atoms with E-state index in [1.165, 1.54) is 6.42 Å². The second kappa shape index (κ2) is 8.24. The Labute approximate surface area is 125 Å². The van der Waals surface area contributed by atoms with E-state index in [1.54, 1.807) is 13.3 Å². The first-order valence-electron chi connectivity index (χ1n) is 6.76. The molecule has 2 rings (SSSR count). The van der Waals surface area contributed by atoms with Crippen LogP contribution in [0.1, 0.15) is 31.7 Å². The zero-order valence-electron chi connectivity index (χ0n) is 11.7. The van der Waals surface area contributed by atoms with Crippen molar-refractivity contribution in [3.05, 3.63) is 18.5 Å². The average Bonchev–Trinajstić information content (AvgIpc) is 2.93. The highest BCUT2D eigenvalue weighted by Crippen LogP contribution is 2.28. The average molecular weight is 303 g/mol. The van der Waals surface area contributed by atoms with Gasteiger partial charge in [-0.05, 0) is 18.9 Å². The van der Waals surface area contributed by atoms with Crippen LogP contribution in [0.4, 0.5) is 0 Å². The van der Waals surface area contributed by atoms with Crippen molar-refractivity contribution >= 4 is 18.3 Å². The number of hydrogen-bond donors (Lipinski definition) is 2. The lowest BCUT2D eigenvalue weighted by molar-refractivity contribution is -0.124. The number of carbonyl (C=O) groups is 1. The molecule has 1 fully saturated rings. The van der Waals surface area contributed by atoms with Gasteiger partial charge in [0.15, 0.2) is 0 Å². The Balaban J connectivity index is 0.00000200. The molecule has 3 N–H and O–H groups in total. The van der Waals surface area contributed by atoms with E-state index in [1.807, 2.05) is 16.9 Å². The van der Waals surface area contributed by atoms with Crippen molar-refractivity contribution in [3.63, 3.8) is 0 Å². The third-order valence-electron chi connectivity index (χ3n) is 3.60. The van der Waals surface area contributed by atoms with Crippen molar-refractivity contribution in [3.8, 4) is 0 Å². The number of rotatable bonds is 5. The van der Waals surface area contributed by atoms with Gasteiger partial charge in [-0.1, -0.05) is 12.8 Å². The molecule has 1 saturated carbocycles. The topological polar surface area (TPSA) is 82.2 Å². The van der Waals surface area contributed by atoms with Crippen molar-refractivity contribution in [1.82, 2.24) is 15.1 Å². The monoisotopic (exact) mass is 302 g/mol. The quantitative estimate of drug-likeness (QED) is 0.846. The lowest BCUT2D eigenvalue weighted by Gasteiger charge is -2.33. The van der Waals surface area contributed by atoms with Gasteiger partial charge in [0.2, 0.25) is 5.91 Å². The van der Waals surface area contributed by atoms with Crippen molar-refractivity contribution < 1.29 is 9.53 Å². The van der Waals surface area contributed by atoms with E-state index in [2.05, 4.69) is 10.4 Å². The van der Waals surface area contributed by atoms with E-state index in [9.17, 15) is 4.79 Å². The predicted octanol–water partition coefficient (Wildman–Crippen LogP) is 0.878. The summed E-state index contributed by atoms with van der Waals surface area (Å²) in [6.07, 6.45) is 8.01. The number of nitrogens with two attached hydrogens (primary N) is 1. The summed E-state index contributed by atoms with van der Waals surface area (Å²) in [5.74, 6) is -0.147. The number of halogens is 1. The highest BCUT2D eigenvalue weighted by Gasteiger charge is 2.29. The Kier molecular flexibility index (Phi) is 6.98. The summed E-state index contributed by atoms with van der Waals surface area (Å²) in [6.45, 7) is 0.241. The van der Waals surface area contributed by atoms with Gasteiger partial charge in [0.05, 0.1) is 18.7 Å². The van der Waals surface area contributed by atoms with Gasteiger partial charge in [-0.15, -0.1) is 12.4 Å². The molecule has 1 aliphatic rings. The number of nitrogens with one attached hydrogen (secondary N) is 1. The van der Waals surface area contributed by atoms with Crippen LogP contribution in [0.5, 0.6) is 0 Å². The number of nitrogens with zero attached hydrogens (tertiary/aromatic N) is 2. The fourth-order valence-electron chi connectivity index (χ4n) is 2.62. The summed E-state index contributed by atoms with van der Waals surface area (Å²) in [5.41, 5.74) is 5.75. The first kappa shape index (κ1) is 16.9. The van der Waals surface area contributed by atoms with Crippen LogP contribution in [0.25, 0.3) is 0 Å². The van der Waals surface area contributed by atoms with E-state index in [4.69, 9.17) is 10.5 Å². The molecule has 6 nitrogen and oxygen atoms in total. The van der Waals surface area contributed by atoms with E-state index in [-0.39, 0.29) is 37.0 Å². The standard InChI is InChI=1S/C13H22N4O2.ClH/c1-19-9-10(14)13(18)16-11-5-2-3-6-12(11)17-8-4-7-15-17;/h4,7-8,10-12H,2-3,5-6,9,14H2,1H3,(H,16,18);1H. The maximum absolute atomic E-state index is 12.0. The molecule has 0 spiro atoms. The minimum atomic E-state index is -0.606. The summed E-state index contributed by atoms with van der Waals surface area (Å²) in [4.78, 5) is 12.0. The fraction of sp³-hybridized carbons (Fsp3) is 0.692. The molecule has 1 heterocycles. The number of amides is 1. The number of hydrogen-bond acceptors (Lipinski definition) is 4. The molecular formula is C13H23ClN4O2. The Bertz CT molecular complexity index is 399. The highest BCUT2D eigenvalue weighted by atomic mass is 35.5. The SMILES string of the molecule is COCC(N)C(=O)NC1CCCCC1n1cccn1.Cl. The normalized spacial score (nSPS) is 23.7. The molecule has 0 aliphatic heterocycles. The van der Waals surface area contributed by atoms with Crippen molar-refractivity contribution in [2.45, 2.75) is 43.8 Å². The first-order valence-corrected chi connectivity index (χ1v) is 6.76. The van der Waals surface area contributed by atoms with E-state index < -0.39 is 6.04 Å². The molecule has 3 unspecified atom stereocenters. The van der Waals surface area contributed by atoms with Gasteiger partial charge in [-0.2, -0.15) is 5.10 Å². The van der Waals surface area contributed by atoms with Gasteiger partial charge in [-0.25, -0.2) is 0 Å². The molecule has 20 heavy (non-hydrogen) atoms. The lowest BCUT2D eigenvalue weighted by atomic mass is 9.90. The molecule has 1 aliphatic carbocycles. The lowest BCUT2D eigenvalue weighted by Crippen LogP contribution is -2.50. The fourth-order valence-corrected chi connectivity index (χ4v) is 2.62. The van der Waals surface area contributed by atoms with Gasteiger partial charge in [0, 0.05) is 19.5 Å². The second-order valence-electron chi connectivity index (χ2n) is 5.01. The third kappa shape index (κ3) is 4.19. The first-order chi connectivity index (χ1) is 9.22. The van der Waals surface area contributed by atoms with E-state index >= 15 is 0 Å². The molecule has 0 bridgehead atoms. The third-order valence-corrected chi connectivity index (χ3v) is 3.60. The Morgan fingerprint density at radius 2 is 2.30 bits per heavy atom. The van der Waals surface area contributed by atoms with Crippen LogP contribution in [0.2, 0.25) is 0 Å². The molecular weight excluding hydrogens is 280 g/mol. The van der Waals surface area contributed by atoms with Crippen molar-refractivity contribution in [1.29, 1.82) is 0 Å². The molecule has 0 radical (unpaired) electrons. The van der Waals surface area contributed by atoms with Gasteiger partial charge < -0.3 is 15.8 Å². The van der Waals surface area contributed by atoms with Gasteiger partial charge >= 0.3 is 0 Å². The molecule has 7 heteroatoms. The van der Waals surface area contributed by atoms with Crippen LogP contribution in [0.3, 0.4) is 0 Å². The van der Waals surface area contributed by atoms with E-state index in [0.29, 0.717) is 0 Å². The molecule has 1 aromatic rings. The van der Waals surface area contributed by atoms with Gasteiger partial charge in [0.25, 0.3) is 0 Å². The smallest absolute Gasteiger partial charge is 0.239 e. The molecule has 114 valence electrons. The Morgan fingerprint density at radius 1 is 1.55 bits per heavy atom. The predicted molar refractivity (Wildman–Crippen MR) is 78.8 cm³/mol. The van der Waals surface area contributed by atoms with E-state index in [0.717, 1.165) is 19.3 Å². The molecule has 0 aromatic carbocycles. The van der Waals surface area contributed by atoms with Crippen LogP contribution in [0.15, 0.2) is 18.5 Å². The zero-order valence-corrected chi connectivity index (χ0v) is 12.5. The van der Waals surface area contributed by atoms with Crippen LogP contribution < -0.4 is 11.1 Å². The Hall–Kier alpha value is -1.11. The summed E-state index contributed by atoms with van der Waals surface area (Å²) in [7, 11) is 1.54.